The molecule has 3 saturated carbocycles. The molecule has 0 bridgehead atoms. The summed E-state index contributed by atoms with van der Waals surface area (Å²) in [6.45, 7) is 9.93. The molecule has 4 N–H and O–H groups in total. The van der Waals surface area contributed by atoms with Gasteiger partial charge in [-0.1, -0.05) is 31.6 Å². The highest BCUT2D eigenvalue weighted by molar-refractivity contribution is 5.87. The van der Waals surface area contributed by atoms with E-state index in [4.69, 9.17) is 9.47 Å². The van der Waals surface area contributed by atoms with E-state index in [0.29, 0.717) is 24.8 Å². The molecule has 9 atom stereocenters. The van der Waals surface area contributed by atoms with Gasteiger partial charge in [-0.25, -0.2) is 4.79 Å². The van der Waals surface area contributed by atoms with Gasteiger partial charge in [0.1, 0.15) is 29.0 Å². The fourth-order valence-electron chi connectivity index (χ4n) is 8.16. The number of carbonyl (C=O) groups excluding carboxylic acids is 2. The van der Waals surface area contributed by atoms with Gasteiger partial charge in [0.15, 0.2) is 0 Å². The van der Waals surface area contributed by atoms with E-state index in [9.17, 15) is 30.0 Å². The molecule has 0 amide bonds. The molecule has 0 spiro atoms. The molecule has 0 unspecified atom stereocenters. The Labute approximate surface area is 213 Å². The van der Waals surface area contributed by atoms with Crippen molar-refractivity contribution in [2.45, 2.75) is 122 Å². The van der Waals surface area contributed by atoms with E-state index in [1.54, 1.807) is 33.8 Å². The number of allylic oxidation sites excluding steroid dienone is 1. The van der Waals surface area contributed by atoms with Gasteiger partial charge >= 0.3 is 11.9 Å². The number of ether oxygens (including phenoxy) is 2. The minimum atomic E-state index is -1.82. The molecule has 0 saturated heterocycles. The largest absolute Gasteiger partial charge is 0.462 e. The van der Waals surface area contributed by atoms with Crippen molar-refractivity contribution in [3.63, 3.8) is 0 Å². The first kappa shape index (κ1) is 27.3. The van der Waals surface area contributed by atoms with Crippen molar-refractivity contribution < 1.29 is 39.5 Å². The van der Waals surface area contributed by atoms with E-state index in [1.807, 2.05) is 6.08 Å². The lowest BCUT2D eigenvalue weighted by Crippen LogP contribution is -2.78. The number of esters is 2. The van der Waals surface area contributed by atoms with Gasteiger partial charge < -0.3 is 29.9 Å². The summed E-state index contributed by atoms with van der Waals surface area (Å²) in [5, 5.41) is 47.4. The van der Waals surface area contributed by atoms with Crippen LogP contribution in [-0.4, -0.2) is 67.5 Å². The average Bonchev–Trinajstić information content (AvgIpc) is 3.04. The van der Waals surface area contributed by atoms with Crippen molar-refractivity contribution in [2.24, 2.45) is 16.7 Å². The average molecular weight is 507 g/mol. The normalized spacial score (nSPS) is 47.1. The Morgan fingerprint density at radius 2 is 1.81 bits per heavy atom. The minimum Gasteiger partial charge on any atom is -0.462 e. The lowest BCUT2D eigenvalue weighted by atomic mass is 9.42. The highest BCUT2D eigenvalue weighted by Gasteiger charge is 2.81. The van der Waals surface area contributed by atoms with E-state index in [1.165, 1.54) is 6.92 Å². The number of carbonyl (C=O) groups is 2. The maximum absolute atomic E-state index is 12.6. The third-order valence-corrected chi connectivity index (χ3v) is 10.6. The number of hydrogen-bond acceptors (Lipinski definition) is 8. The molecule has 3 fully saturated rings. The fraction of sp³-hybridized carbons (Fsp3) is 0.786. The monoisotopic (exact) mass is 506 g/mol. The van der Waals surface area contributed by atoms with Crippen molar-refractivity contribution in [3.05, 3.63) is 23.3 Å². The van der Waals surface area contributed by atoms with Gasteiger partial charge in [-0.15, -0.1) is 0 Å². The second-order valence-electron chi connectivity index (χ2n) is 12.1. The Morgan fingerprint density at radius 3 is 2.42 bits per heavy atom. The summed E-state index contributed by atoms with van der Waals surface area (Å²) in [6, 6.07) is 0. The number of fused-ring (bicyclic) bond motifs is 5. The number of hydrogen-bond donors (Lipinski definition) is 4. The second-order valence-corrected chi connectivity index (χ2v) is 12.1. The van der Waals surface area contributed by atoms with E-state index >= 15 is 0 Å². The zero-order valence-electron chi connectivity index (χ0n) is 22.3. The SMILES string of the molecule is C/C=C(\C)C(=O)O[C@@H](C)[C@]1(O)CC[C@]2(O)[C@]1(C)[C@H](OC(C)=O)C[C@@H]1[C@@]3(C)CC[C@H](O)CC3=CC[C@]12O. The lowest BCUT2D eigenvalue weighted by Gasteiger charge is -2.67. The van der Waals surface area contributed by atoms with Gasteiger partial charge in [-0.2, -0.15) is 0 Å². The molecule has 8 nitrogen and oxygen atoms in total. The van der Waals surface area contributed by atoms with Crippen LogP contribution < -0.4 is 0 Å². The molecule has 36 heavy (non-hydrogen) atoms. The first-order valence-electron chi connectivity index (χ1n) is 13.2. The molecule has 4 aliphatic rings. The molecule has 8 heteroatoms. The van der Waals surface area contributed by atoms with Crippen molar-refractivity contribution in [1.82, 2.24) is 0 Å². The Hall–Kier alpha value is -1.74. The number of aliphatic hydroxyl groups excluding tert-OH is 1. The first-order chi connectivity index (χ1) is 16.6. The van der Waals surface area contributed by atoms with Gasteiger partial charge in [0, 0.05) is 18.4 Å². The van der Waals surface area contributed by atoms with Crippen LogP contribution in [0.15, 0.2) is 23.3 Å². The van der Waals surface area contributed by atoms with Crippen molar-refractivity contribution in [1.29, 1.82) is 0 Å². The smallest absolute Gasteiger partial charge is 0.333 e. The minimum absolute atomic E-state index is 0.0527. The third-order valence-electron chi connectivity index (χ3n) is 10.6. The Kier molecular flexibility index (Phi) is 6.56. The Morgan fingerprint density at radius 1 is 1.14 bits per heavy atom. The van der Waals surface area contributed by atoms with E-state index in [-0.39, 0.29) is 25.7 Å². The second kappa shape index (κ2) is 8.65. The summed E-state index contributed by atoms with van der Waals surface area (Å²) in [5.74, 6) is -1.58. The predicted molar refractivity (Wildman–Crippen MR) is 132 cm³/mol. The summed E-state index contributed by atoms with van der Waals surface area (Å²) in [5.41, 5.74) is -5.76. The van der Waals surface area contributed by atoms with E-state index in [0.717, 1.165) is 5.57 Å². The molecule has 0 aliphatic heterocycles. The van der Waals surface area contributed by atoms with Crippen LogP contribution in [0, 0.1) is 16.7 Å². The molecule has 0 heterocycles. The molecular formula is C28H42O8. The molecule has 0 aromatic rings. The van der Waals surface area contributed by atoms with Crippen LogP contribution in [0.2, 0.25) is 0 Å². The van der Waals surface area contributed by atoms with Gasteiger partial charge in [-0.3, -0.25) is 4.79 Å². The quantitative estimate of drug-likeness (QED) is 0.260. The van der Waals surface area contributed by atoms with Crippen molar-refractivity contribution in [3.8, 4) is 0 Å². The highest BCUT2D eigenvalue weighted by Crippen LogP contribution is 2.71. The van der Waals surface area contributed by atoms with E-state index in [2.05, 4.69) is 6.92 Å². The Balaban J connectivity index is 1.83. The van der Waals surface area contributed by atoms with Crippen LogP contribution in [0.25, 0.3) is 0 Å². The fourth-order valence-corrected chi connectivity index (χ4v) is 8.16. The molecule has 0 aromatic carbocycles. The molecule has 0 radical (unpaired) electrons. The maximum atomic E-state index is 12.6. The molecular weight excluding hydrogens is 464 g/mol. The van der Waals surface area contributed by atoms with Crippen LogP contribution in [0.5, 0.6) is 0 Å². The van der Waals surface area contributed by atoms with Crippen molar-refractivity contribution >= 4 is 11.9 Å². The lowest BCUT2D eigenvalue weighted by molar-refractivity contribution is -0.326. The molecule has 4 aliphatic carbocycles. The zero-order valence-corrected chi connectivity index (χ0v) is 22.3. The van der Waals surface area contributed by atoms with Crippen molar-refractivity contribution in [2.75, 3.05) is 0 Å². The van der Waals surface area contributed by atoms with Gasteiger partial charge in [0.2, 0.25) is 0 Å². The Bertz CT molecular complexity index is 1000. The van der Waals surface area contributed by atoms with E-state index < -0.39 is 63.8 Å². The summed E-state index contributed by atoms with van der Waals surface area (Å²) in [6.07, 6.45) is 3.39. The van der Waals surface area contributed by atoms with Crippen LogP contribution in [0.1, 0.15) is 86.5 Å². The first-order valence-corrected chi connectivity index (χ1v) is 13.2. The van der Waals surface area contributed by atoms with Crippen LogP contribution in [0.4, 0.5) is 0 Å². The topological polar surface area (TPSA) is 134 Å². The summed E-state index contributed by atoms with van der Waals surface area (Å²) < 4.78 is 11.5. The van der Waals surface area contributed by atoms with Crippen LogP contribution in [-0.2, 0) is 19.1 Å². The third kappa shape index (κ3) is 3.40. The molecule has 0 aromatic heterocycles. The number of aliphatic hydroxyl groups is 4. The zero-order chi connectivity index (χ0) is 26.9. The summed E-state index contributed by atoms with van der Waals surface area (Å²) in [4.78, 5) is 24.9. The van der Waals surface area contributed by atoms with Crippen LogP contribution in [0.3, 0.4) is 0 Å². The maximum Gasteiger partial charge on any atom is 0.333 e. The summed E-state index contributed by atoms with van der Waals surface area (Å²) >= 11 is 0. The van der Waals surface area contributed by atoms with Gasteiger partial charge in [0.05, 0.1) is 11.5 Å². The summed E-state index contributed by atoms with van der Waals surface area (Å²) in [7, 11) is 0. The van der Waals surface area contributed by atoms with Crippen LogP contribution >= 0.6 is 0 Å². The molecule has 202 valence electrons. The standard InChI is InChI=1S/C28H42O8/c1-7-16(2)23(31)35-17(3)26(32)12-13-28(34)25(26,6)22(36-18(4)29)15-21-24(5)10-9-20(30)14-19(24)8-11-27(21,28)33/h7-8,17,20-22,30,32-34H,9-15H2,1-6H3/b16-7+/t17-,20-,21+,22+,24-,25+,26+,27-,28-/m0/s1. The highest BCUT2D eigenvalue weighted by atomic mass is 16.6. The molecule has 4 rings (SSSR count). The van der Waals surface area contributed by atoms with Gasteiger partial charge in [-0.05, 0) is 71.1 Å². The van der Waals surface area contributed by atoms with Gasteiger partial charge in [0.25, 0.3) is 0 Å². The predicted octanol–water partition coefficient (Wildman–Crippen LogP) is 2.71. The number of rotatable bonds is 4.